The average molecular weight is 269 g/mol. The van der Waals surface area contributed by atoms with E-state index >= 15 is 0 Å². The van der Waals surface area contributed by atoms with Crippen molar-refractivity contribution in [2.75, 3.05) is 5.73 Å². The highest BCUT2D eigenvalue weighted by Crippen LogP contribution is 2.20. The summed E-state index contributed by atoms with van der Waals surface area (Å²) in [7, 11) is 0. The van der Waals surface area contributed by atoms with Crippen LogP contribution < -0.4 is 5.73 Å². The minimum atomic E-state index is -0.841. The second-order valence-electron chi connectivity index (χ2n) is 3.57. The van der Waals surface area contributed by atoms with Gasteiger partial charge >= 0.3 is 0 Å². The molecular formula is C12H7ClF2N2O. The number of rotatable bonds is 2. The summed E-state index contributed by atoms with van der Waals surface area (Å²) in [5.74, 6) is -2.37. The molecule has 0 saturated heterocycles. The van der Waals surface area contributed by atoms with Gasteiger partial charge in [-0.3, -0.25) is 4.79 Å². The highest BCUT2D eigenvalue weighted by Gasteiger charge is 2.15. The van der Waals surface area contributed by atoms with E-state index in [4.69, 9.17) is 17.3 Å². The van der Waals surface area contributed by atoms with E-state index < -0.39 is 17.4 Å². The van der Waals surface area contributed by atoms with Crippen LogP contribution in [0.1, 0.15) is 15.9 Å². The van der Waals surface area contributed by atoms with E-state index in [0.717, 1.165) is 12.1 Å². The first-order valence-electron chi connectivity index (χ1n) is 4.89. The number of hydrogen-bond acceptors (Lipinski definition) is 3. The molecule has 2 rings (SSSR count). The molecule has 0 fully saturated rings. The fraction of sp³-hybridized carbons (Fsp3) is 0. The molecule has 18 heavy (non-hydrogen) atoms. The van der Waals surface area contributed by atoms with Crippen molar-refractivity contribution in [3.63, 3.8) is 0 Å². The Morgan fingerprint density at radius 1 is 1.17 bits per heavy atom. The predicted octanol–water partition coefficient (Wildman–Crippen LogP) is 2.83. The molecule has 3 nitrogen and oxygen atoms in total. The van der Waals surface area contributed by atoms with Crippen LogP contribution in [0, 0.1) is 11.6 Å². The van der Waals surface area contributed by atoms with Crippen molar-refractivity contribution in [3.05, 3.63) is 58.2 Å². The molecule has 0 bridgehead atoms. The molecule has 1 aromatic carbocycles. The number of nitrogen functional groups attached to an aromatic ring is 1. The summed E-state index contributed by atoms with van der Waals surface area (Å²) in [6, 6.07) is 3.82. The van der Waals surface area contributed by atoms with Gasteiger partial charge < -0.3 is 5.73 Å². The lowest BCUT2D eigenvalue weighted by atomic mass is 10.0. The van der Waals surface area contributed by atoms with Crippen LogP contribution in [0.4, 0.5) is 14.6 Å². The van der Waals surface area contributed by atoms with Crippen molar-refractivity contribution in [1.82, 2.24) is 4.98 Å². The molecule has 92 valence electrons. The average Bonchev–Trinajstić information content (AvgIpc) is 2.30. The Morgan fingerprint density at radius 2 is 1.78 bits per heavy atom. The van der Waals surface area contributed by atoms with Crippen molar-refractivity contribution in [2.45, 2.75) is 0 Å². The number of carbonyl (C=O) groups is 1. The van der Waals surface area contributed by atoms with Gasteiger partial charge in [0.05, 0.1) is 10.6 Å². The largest absolute Gasteiger partial charge is 0.383 e. The molecule has 0 aliphatic carbocycles. The van der Waals surface area contributed by atoms with E-state index in [1.54, 1.807) is 0 Å². The molecule has 0 atom stereocenters. The zero-order valence-corrected chi connectivity index (χ0v) is 9.71. The molecule has 0 aliphatic heterocycles. The standard InChI is InChI=1S/C12H7ClF2N2O/c13-7-3-10(12(16)17-5-7)11(18)6-1-8(14)4-9(15)2-6/h1-5H,(H2,16,17). The lowest BCUT2D eigenvalue weighted by Crippen LogP contribution is -2.07. The first kappa shape index (κ1) is 12.4. The van der Waals surface area contributed by atoms with Crippen LogP contribution in [0.5, 0.6) is 0 Å². The number of anilines is 1. The maximum absolute atomic E-state index is 13.0. The third-order valence-corrected chi connectivity index (χ3v) is 2.46. The molecule has 0 amide bonds. The van der Waals surface area contributed by atoms with Gasteiger partial charge in [-0.1, -0.05) is 11.6 Å². The minimum absolute atomic E-state index is 0.00694. The van der Waals surface area contributed by atoms with Crippen LogP contribution in [0.15, 0.2) is 30.5 Å². The third kappa shape index (κ3) is 2.46. The summed E-state index contributed by atoms with van der Waals surface area (Å²) in [5.41, 5.74) is 5.38. The Bertz CT molecular complexity index is 611. The SMILES string of the molecule is Nc1ncc(Cl)cc1C(=O)c1cc(F)cc(F)c1. The zero-order chi connectivity index (χ0) is 13.3. The molecule has 0 saturated carbocycles. The van der Waals surface area contributed by atoms with Crippen LogP contribution >= 0.6 is 11.6 Å². The number of ketones is 1. The molecule has 0 unspecified atom stereocenters. The van der Waals surface area contributed by atoms with Crippen molar-refractivity contribution < 1.29 is 13.6 Å². The maximum atomic E-state index is 13.0. The Morgan fingerprint density at radius 3 is 2.39 bits per heavy atom. The van der Waals surface area contributed by atoms with Crippen LogP contribution in [-0.4, -0.2) is 10.8 Å². The van der Waals surface area contributed by atoms with Gasteiger partial charge in [0, 0.05) is 17.8 Å². The number of benzene rings is 1. The van der Waals surface area contributed by atoms with Gasteiger partial charge in [0.2, 0.25) is 0 Å². The van der Waals surface area contributed by atoms with Gasteiger partial charge in [-0.25, -0.2) is 13.8 Å². The monoisotopic (exact) mass is 268 g/mol. The second kappa shape index (κ2) is 4.70. The molecule has 2 N–H and O–H groups in total. The van der Waals surface area contributed by atoms with Gasteiger partial charge in [0.15, 0.2) is 5.78 Å². The van der Waals surface area contributed by atoms with E-state index in [0.29, 0.717) is 6.07 Å². The minimum Gasteiger partial charge on any atom is -0.383 e. The highest BCUT2D eigenvalue weighted by molar-refractivity contribution is 6.31. The lowest BCUT2D eigenvalue weighted by Gasteiger charge is -2.05. The summed E-state index contributed by atoms with van der Waals surface area (Å²) in [6.07, 6.45) is 1.28. The molecular weight excluding hydrogens is 262 g/mol. The summed E-state index contributed by atoms with van der Waals surface area (Å²) in [5, 5.41) is 0.212. The lowest BCUT2D eigenvalue weighted by molar-refractivity contribution is 0.103. The Kier molecular flexibility index (Phi) is 3.25. The summed E-state index contributed by atoms with van der Waals surface area (Å²) < 4.78 is 26.0. The molecule has 0 radical (unpaired) electrons. The molecule has 0 spiro atoms. The topological polar surface area (TPSA) is 56.0 Å². The Hall–Kier alpha value is -2.01. The predicted molar refractivity (Wildman–Crippen MR) is 63.4 cm³/mol. The number of hydrogen-bond donors (Lipinski definition) is 1. The molecule has 0 aliphatic rings. The van der Waals surface area contributed by atoms with E-state index in [1.807, 2.05) is 0 Å². The smallest absolute Gasteiger partial charge is 0.196 e. The van der Waals surface area contributed by atoms with Gasteiger partial charge in [0.1, 0.15) is 17.5 Å². The van der Waals surface area contributed by atoms with E-state index in [2.05, 4.69) is 4.98 Å². The fourth-order valence-corrected chi connectivity index (χ4v) is 1.63. The third-order valence-electron chi connectivity index (χ3n) is 2.25. The van der Waals surface area contributed by atoms with Crippen LogP contribution in [0.25, 0.3) is 0 Å². The number of pyridine rings is 1. The fourth-order valence-electron chi connectivity index (χ4n) is 1.47. The number of halogens is 3. The van der Waals surface area contributed by atoms with Crippen molar-refractivity contribution in [2.24, 2.45) is 0 Å². The summed E-state index contributed by atoms with van der Waals surface area (Å²) in [4.78, 5) is 15.7. The van der Waals surface area contributed by atoms with Crippen LogP contribution in [0.3, 0.4) is 0 Å². The zero-order valence-electron chi connectivity index (χ0n) is 8.95. The Balaban J connectivity index is 2.51. The van der Waals surface area contributed by atoms with Crippen LogP contribution in [-0.2, 0) is 0 Å². The van der Waals surface area contributed by atoms with Crippen molar-refractivity contribution in [1.29, 1.82) is 0 Å². The summed E-state index contributed by atoms with van der Waals surface area (Å²) >= 11 is 5.69. The van der Waals surface area contributed by atoms with Crippen molar-refractivity contribution >= 4 is 23.2 Å². The van der Waals surface area contributed by atoms with E-state index in [-0.39, 0.29) is 22.0 Å². The molecule has 2 aromatic rings. The first-order valence-corrected chi connectivity index (χ1v) is 5.27. The molecule has 1 heterocycles. The van der Waals surface area contributed by atoms with Crippen molar-refractivity contribution in [3.8, 4) is 0 Å². The highest BCUT2D eigenvalue weighted by atomic mass is 35.5. The van der Waals surface area contributed by atoms with Gasteiger partial charge in [0.25, 0.3) is 0 Å². The van der Waals surface area contributed by atoms with Gasteiger partial charge in [-0.05, 0) is 18.2 Å². The Labute approximate surface area is 106 Å². The van der Waals surface area contributed by atoms with E-state index in [9.17, 15) is 13.6 Å². The number of aromatic nitrogens is 1. The maximum Gasteiger partial charge on any atom is 0.196 e. The number of nitrogens with zero attached hydrogens (tertiary/aromatic N) is 1. The quantitative estimate of drug-likeness (QED) is 0.852. The molecule has 6 heteroatoms. The number of carbonyl (C=O) groups excluding carboxylic acids is 1. The number of nitrogens with two attached hydrogens (primary N) is 1. The van der Waals surface area contributed by atoms with Gasteiger partial charge in [-0.2, -0.15) is 0 Å². The molecule has 1 aromatic heterocycles. The summed E-state index contributed by atoms with van der Waals surface area (Å²) in [6.45, 7) is 0. The second-order valence-corrected chi connectivity index (χ2v) is 4.01. The van der Waals surface area contributed by atoms with E-state index in [1.165, 1.54) is 12.3 Å². The van der Waals surface area contributed by atoms with Crippen LogP contribution in [0.2, 0.25) is 5.02 Å². The normalized spacial score (nSPS) is 10.4. The van der Waals surface area contributed by atoms with Gasteiger partial charge in [-0.15, -0.1) is 0 Å². The first-order chi connectivity index (χ1) is 8.47.